The van der Waals surface area contributed by atoms with Crippen molar-refractivity contribution >= 4 is 0 Å². The standard InChI is InChI=1S/C11H16O2/c1-2-4-6-8-11(7-5-3-1)12-9-10-13-11/h1,5H,2,4,6-10H2. The molecule has 0 amide bonds. The molecular weight excluding hydrogens is 164 g/mol. The van der Waals surface area contributed by atoms with Gasteiger partial charge in [0.15, 0.2) is 5.79 Å². The molecule has 0 saturated carbocycles. The summed E-state index contributed by atoms with van der Waals surface area (Å²) in [4.78, 5) is 0. The molecule has 1 aliphatic carbocycles. The first-order valence-electron chi connectivity index (χ1n) is 5.09. The Morgan fingerprint density at radius 3 is 2.77 bits per heavy atom. The van der Waals surface area contributed by atoms with Crippen molar-refractivity contribution in [2.75, 3.05) is 13.2 Å². The van der Waals surface area contributed by atoms with Crippen molar-refractivity contribution in [3.63, 3.8) is 0 Å². The van der Waals surface area contributed by atoms with Crippen LogP contribution in [-0.4, -0.2) is 19.0 Å². The van der Waals surface area contributed by atoms with E-state index in [4.69, 9.17) is 9.47 Å². The van der Waals surface area contributed by atoms with Crippen LogP contribution in [0.15, 0.2) is 17.9 Å². The Morgan fingerprint density at radius 1 is 1.08 bits per heavy atom. The Hall–Kier alpha value is -0.560. The maximum atomic E-state index is 5.67. The van der Waals surface area contributed by atoms with E-state index in [-0.39, 0.29) is 5.79 Å². The van der Waals surface area contributed by atoms with Crippen LogP contribution in [0.2, 0.25) is 0 Å². The zero-order valence-corrected chi connectivity index (χ0v) is 7.92. The number of rotatable bonds is 0. The first-order valence-corrected chi connectivity index (χ1v) is 5.09. The predicted molar refractivity (Wildman–Crippen MR) is 50.4 cm³/mol. The van der Waals surface area contributed by atoms with Gasteiger partial charge in [-0.15, -0.1) is 5.73 Å². The SMILES string of the molecule is C1=CCCCCC2(CC=1)OCCO2. The Kier molecular flexibility index (Phi) is 2.84. The molecule has 1 saturated heterocycles. The molecule has 0 aromatic rings. The van der Waals surface area contributed by atoms with Crippen LogP contribution in [0.4, 0.5) is 0 Å². The van der Waals surface area contributed by atoms with Gasteiger partial charge in [-0.2, -0.15) is 0 Å². The third-order valence-corrected chi connectivity index (χ3v) is 2.62. The predicted octanol–water partition coefficient (Wildman–Crippen LogP) is 2.40. The van der Waals surface area contributed by atoms with E-state index in [1.165, 1.54) is 12.8 Å². The van der Waals surface area contributed by atoms with Crippen LogP contribution in [0.1, 0.15) is 32.1 Å². The van der Waals surface area contributed by atoms with Gasteiger partial charge in [-0.3, -0.25) is 0 Å². The maximum Gasteiger partial charge on any atom is 0.172 e. The molecule has 0 aromatic carbocycles. The lowest BCUT2D eigenvalue weighted by Crippen LogP contribution is -2.29. The van der Waals surface area contributed by atoms with E-state index >= 15 is 0 Å². The molecule has 72 valence electrons. The van der Waals surface area contributed by atoms with E-state index in [1.807, 2.05) is 6.08 Å². The van der Waals surface area contributed by atoms with Crippen LogP contribution in [-0.2, 0) is 9.47 Å². The average molecular weight is 180 g/mol. The highest BCUT2D eigenvalue weighted by Crippen LogP contribution is 2.30. The average Bonchev–Trinajstić information content (AvgIpc) is 2.62. The zero-order valence-electron chi connectivity index (χ0n) is 7.92. The van der Waals surface area contributed by atoms with E-state index in [0.717, 1.165) is 32.5 Å². The zero-order chi connectivity index (χ0) is 8.99. The lowest BCUT2D eigenvalue weighted by atomic mass is 10.1. The minimum atomic E-state index is -0.300. The molecule has 13 heavy (non-hydrogen) atoms. The summed E-state index contributed by atoms with van der Waals surface area (Å²) in [6, 6.07) is 0. The highest BCUT2D eigenvalue weighted by molar-refractivity contribution is 4.92. The summed E-state index contributed by atoms with van der Waals surface area (Å²) in [5.74, 6) is -0.300. The van der Waals surface area contributed by atoms with E-state index in [2.05, 4.69) is 11.8 Å². The van der Waals surface area contributed by atoms with E-state index in [9.17, 15) is 0 Å². The molecule has 0 N–H and O–H groups in total. The summed E-state index contributed by atoms with van der Waals surface area (Å²) >= 11 is 0. The quantitative estimate of drug-likeness (QED) is 0.533. The van der Waals surface area contributed by atoms with Crippen LogP contribution in [0.25, 0.3) is 0 Å². The monoisotopic (exact) mass is 180 g/mol. The van der Waals surface area contributed by atoms with Crippen LogP contribution >= 0.6 is 0 Å². The third-order valence-electron chi connectivity index (χ3n) is 2.62. The fourth-order valence-electron chi connectivity index (χ4n) is 1.88. The van der Waals surface area contributed by atoms with Gasteiger partial charge in [0.1, 0.15) is 0 Å². The lowest BCUT2D eigenvalue weighted by Gasteiger charge is -2.25. The summed E-state index contributed by atoms with van der Waals surface area (Å²) in [6.07, 6.45) is 9.56. The van der Waals surface area contributed by atoms with Gasteiger partial charge in [-0.05, 0) is 31.4 Å². The highest BCUT2D eigenvalue weighted by Gasteiger charge is 2.34. The molecule has 1 fully saturated rings. The summed E-state index contributed by atoms with van der Waals surface area (Å²) < 4.78 is 11.3. The molecule has 2 nitrogen and oxygen atoms in total. The molecular formula is C11H16O2. The second kappa shape index (κ2) is 4.10. The molecule has 0 bridgehead atoms. The van der Waals surface area contributed by atoms with Crippen molar-refractivity contribution < 1.29 is 9.47 Å². The molecule has 0 unspecified atom stereocenters. The molecule has 1 aliphatic heterocycles. The van der Waals surface area contributed by atoms with Gasteiger partial charge < -0.3 is 9.47 Å². The minimum Gasteiger partial charge on any atom is -0.347 e. The molecule has 2 aliphatic rings. The second-order valence-electron chi connectivity index (χ2n) is 3.63. The van der Waals surface area contributed by atoms with Crippen molar-refractivity contribution in [2.45, 2.75) is 37.9 Å². The smallest absolute Gasteiger partial charge is 0.172 e. The molecule has 0 radical (unpaired) electrons. The molecule has 2 rings (SSSR count). The van der Waals surface area contributed by atoms with E-state index in [0.29, 0.717) is 0 Å². The molecule has 2 heteroatoms. The Bertz CT molecular complexity index is 220. The van der Waals surface area contributed by atoms with Crippen LogP contribution < -0.4 is 0 Å². The molecule has 1 spiro atoms. The summed E-state index contributed by atoms with van der Waals surface area (Å²) in [7, 11) is 0. The Morgan fingerprint density at radius 2 is 1.92 bits per heavy atom. The maximum absolute atomic E-state index is 5.67. The first kappa shape index (κ1) is 9.01. The van der Waals surface area contributed by atoms with Crippen LogP contribution in [0.5, 0.6) is 0 Å². The van der Waals surface area contributed by atoms with Crippen molar-refractivity contribution in [3.05, 3.63) is 17.9 Å². The Labute approximate surface area is 79.2 Å². The largest absolute Gasteiger partial charge is 0.347 e. The third kappa shape index (κ3) is 2.22. The number of hydrogen-bond donors (Lipinski definition) is 0. The van der Waals surface area contributed by atoms with Gasteiger partial charge >= 0.3 is 0 Å². The van der Waals surface area contributed by atoms with Crippen molar-refractivity contribution in [2.24, 2.45) is 0 Å². The van der Waals surface area contributed by atoms with Crippen molar-refractivity contribution in [1.29, 1.82) is 0 Å². The van der Waals surface area contributed by atoms with Crippen molar-refractivity contribution in [3.8, 4) is 0 Å². The normalized spacial score (nSPS) is 27.1. The van der Waals surface area contributed by atoms with E-state index in [1.54, 1.807) is 0 Å². The van der Waals surface area contributed by atoms with Crippen LogP contribution in [0, 0.1) is 0 Å². The fourth-order valence-corrected chi connectivity index (χ4v) is 1.88. The van der Waals surface area contributed by atoms with Crippen LogP contribution in [0.3, 0.4) is 0 Å². The molecule has 1 heterocycles. The Balaban J connectivity index is 2.04. The van der Waals surface area contributed by atoms with Gasteiger partial charge in [-0.25, -0.2) is 0 Å². The minimum absolute atomic E-state index is 0.300. The van der Waals surface area contributed by atoms with Gasteiger partial charge in [0.05, 0.1) is 13.2 Å². The van der Waals surface area contributed by atoms with Crippen molar-refractivity contribution in [1.82, 2.24) is 0 Å². The topological polar surface area (TPSA) is 18.5 Å². The molecule has 0 atom stereocenters. The fraction of sp³-hybridized carbons (Fsp3) is 0.727. The summed E-state index contributed by atoms with van der Waals surface area (Å²) in [5.41, 5.74) is 3.17. The van der Waals surface area contributed by atoms with Gasteiger partial charge in [0.25, 0.3) is 0 Å². The number of ether oxygens (including phenoxy) is 2. The highest BCUT2D eigenvalue weighted by atomic mass is 16.7. The number of hydrogen-bond acceptors (Lipinski definition) is 2. The first-order chi connectivity index (χ1) is 6.41. The van der Waals surface area contributed by atoms with Gasteiger partial charge in [0.2, 0.25) is 0 Å². The lowest BCUT2D eigenvalue weighted by molar-refractivity contribution is -0.159. The van der Waals surface area contributed by atoms with E-state index < -0.39 is 0 Å². The van der Waals surface area contributed by atoms with Gasteiger partial charge in [0, 0.05) is 12.8 Å². The second-order valence-corrected chi connectivity index (χ2v) is 3.63. The summed E-state index contributed by atoms with van der Waals surface area (Å²) in [5, 5.41) is 0. The van der Waals surface area contributed by atoms with Gasteiger partial charge in [-0.1, -0.05) is 0 Å². The molecule has 0 aromatic heterocycles. The summed E-state index contributed by atoms with van der Waals surface area (Å²) in [6.45, 7) is 1.50.